The molecule has 29 heavy (non-hydrogen) atoms. The van der Waals surface area contributed by atoms with Crippen LogP contribution in [0.3, 0.4) is 0 Å². The van der Waals surface area contributed by atoms with Gasteiger partial charge in [0.1, 0.15) is 12.6 Å². The molecule has 4 amide bonds. The summed E-state index contributed by atoms with van der Waals surface area (Å²) < 4.78 is 4.93. The summed E-state index contributed by atoms with van der Waals surface area (Å²) in [6.07, 6.45) is 0.406. The molecule has 2 aliphatic rings. The minimum atomic E-state index is -1.14. The van der Waals surface area contributed by atoms with Gasteiger partial charge in [0.15, 0.2) is 0 Å². The standard InChI is InChI=1S/C19H21N3O7/c1-29-7-6-21(10-16(24)25)18(27)11-2-3-13-12(8-11)9-22(19(13)28)14-4-5-15(23)20-17(14)26/h2-3,8,14H,4-7,9-10H2,1H3,(H,24,25)(H,20,23,26). The molecule has 0 aliphatic carbocycles. The number of methoxy groups -OCH3 is 1. The summed E-state index contributed by atoms with van der Waals surface area (Å²) in [6.45, 7) is -0.0367. The van der Waals surface area contributed by atoms with Crippen molar-refractivity contribution in [3.8, 4) is 0 Å². The fourth-order valence-electron chi connectivity index (χ4n) is 3.51. The molecule has 0 saturated carbocycles. The predicted octanol–water partition coefficient (Wildman–Crippen LogP) is -0.379. The van der Waals surface area contributed by atoms with Crippen molar-refractivity contribution in [2.24, 2.45) is 0 Å². The number of imide groups is 1. The number of fused-ring (bicyclic) bond motifs is 1. The van der Waals surface area contributed by atoms with E-state index in [-0.39, 0.29) is 49.9 Å². The Labute approximate surface area is 166 Å². The second-order valence-corrected chi connectivity index (χ2v) is 6.89. The first-order valence-corrected chi connectivity index (χ1v) is 9.09. The summed E-state index contributed by atoms with van der Waals surface area (Å²) in [5, 5.41) is 11.3. The second kappa shape index (κ2) is 8.39. The number of benzene rings is 1. The van der Waals surface area contributed by atoms with Gasteiger partial charge in [0.25, 0.3) is 11.8 Å². The van der Waals surface area contributed by atoms with Gasteiger partial charge < -0.3 is 19.6 Å². The third-order valence-electron chi connectivity index (χ3n) is 4.95. The van der Waals surface area contributed by atoms with Crippen LogP contribution in [0.4, 0.5) is 0 Å². The molecular weight excluding hydrogens is 382 g/mol. The number of nitrogens with zero attached hydrogens (tertiary/aromatic N) is 2. The minimum Gasteiger partial charge on any atom is -0.480 e. The van der Waals surface area contributed by atoms with Crippen molar-refractivity contribution in [1.29, 1.82) is 0 Å². The van der Waals surface area contributed by atoms with E-state index in [2.05, 4.69) is 5.32 Å². The molecule has 0 bridgehead atoms. The fourth-order valence-corrected chi connectivity index (χ4v) is 3.51. The largest absolute Gasteiger partial charge is 0.480 e. The summed E-state index contributed by atoms with van der Waals surface area (Å²) in [5.74, 6) is -2.84. The molecule has 1 aromatic rings. The van der Waals surface area contributed by atoms with E-state index < -0.39 is 30.4 Å². The molecule has 1 aromatic carbocycles. The van der Waals surface area contributed by atoms with E-state index in [9.17, 15) is 24.0 Å². The summed E-state index contributed by atoms with van der Waals surface area (Å²) >= 11 is 0. The van der Waals surface area contributed by atoms with Gasteiger partial charge in [-0.1, -0.05) is 0 Å². The predicted molar refractivity (Wildman–Crippen MR) is 97.9 cm³/mol. The Balaban J connectivity index is 1.79. The SMILES string of the molecule is COCCN(CC(=O)O)C(=O)c1ccc2c(c1)CN(C1CCC(=O)NC1=O)C2=O. The fraction of sp³-hybridized carbons (Fsp3) is 0.421. The van der Waals surface area contributed by atoms with Crippen molar-refractivity contribution in [2.45, 2.75) is 25.4 Å². The molecular formula is C19H21N3O7. The molecule has 2 aliphatic heterocycles. The van der Waals surface area contributed by atoms with Gasteiger partial charge in [0.05, 0.1) is 6.61 Å². The number of nitrogens with one attached hydrogen (secondary N) is 1. The number of carboxylic acids is 1. The molecule has 1 unspecified atom stereocenters. The van der Waals surface area contributed by atoms with Crippen LogP contribution in [0.2, 0.25) is 0 Å². The number of piperidine rings is 1. The number of carbonyl (C=O) groups excluding carboxylic acids is 4. The lowest BCUT2D eigenvalue weighted by atomic mass is 10.0. The quantitative estimate of drug-likeness (QED) is 0.593. The number of amides is 4. The molecule has 0 spiro atoms. The minimum absolute atomic E-state index is 0.111. The van der Waals surface area contributed by atoms with E-state index in [0.29, 0.717) is 11.1 Å². The highest BCUT2D eigenvalue weighted by molar-refractivity contribution is 6.06. The Morgan fingerprint density at radius 3 is 2.72 bits per heavy atom. The van der Waals surface area contributed by atoms with Gasteiger partial charge in [0, 0.05) is 37.7 Å². The van der Waals surface area contributed by atoms with Crippen LogP contribution in [0.1, 0.15) is 39.1 Å². The van der Waals surface area contributed by atoms with Crippen molar-refractivity contribution >= 4 is 29.6 Å². The van der Waals surface area contributed by atoms with E-state index >= 15 is 0 Å². The van der Waals surface area contributed by atoms with Crippen LogP contribution in [0.15, 0.2) is 18.2 Å². The molecule has 154 valence electrons. The zero-order valence-electron chi connectivity index (χ0n) is 15.8. The van der Waals surface area contributed by atoms with Gasteiger partial charge in [-0.25, -0.2) is 0 Å². The van der Waals surface area contributed by atoms with Gasteiger partial charge >= 0.3 is 5.97 Å². The maximum atomic E-state index is 12.7. The van der Waals surface area contributed by atoms with Gasteiger partial charge in [0.2, 0.25) is 11.8 Å². The van der Waals surface area contributed by atoms with Crippen LogP contribution in [-0.2, 0) is 25.7 Å². The summed E-state index contributed by atoms with van der Waals surface area (Å²) in [4.78, 5) is 62.5. The lowest BCUT2D eigenvalue weighted by Gasteiger charge is -2.29. The first-order valence-electron chi connectivity index (χ1n) is 9.09. The van der Waals surface area contributed by atoms with E-state index in [1.807, 2.05) is 0 Å². The number of hydrogen-bond acceptors (Lipinski definition) is 6. The third-order valence-corrected chi connectivity index (χ3v) is 4.95. The number of rotatable bonds is 7. The smallest absolute Gasteiger partial charge is 0.323 e. The Morgan fingerprint density at radius 2 is 2.07 bits per heavy atom. The zero-order chi connectivity index (χ0) is 21.1. The molecule has 10 nitrogen and oxygen atoms in total. The monoisotopic (exact) mass is 403 g/mol. The van der Waals surface area contributed by atoms with Gasteiger partial charge in [-0.05, 0) is 30.2 Å². The molecule has 0 radical (unpaired) electrons. The summed E-state index contributed by atoms with van der Waals surface area (Å²) in [6, 6.07) is 3.78. The number of carbonyl (C=O) groups is 5. The number of carboxylic acid groups (broad SMARTS) is 1. The molecule has 2 heterocycles. The lowest BCUT2D eigenvalue weighted by Crippen LogP contribution is -2.52. The van der Waals surface area contributed by atoms with Gasteiger partial charge in [-0.15, -0.1) is 0 Å². The molecule has 3 rings (SSSR count). The van der Waals surface area contributed by atoms with Crippen molar-refractivity contribution in [1.82, 2.24) is 15.1 Å². The van der Waals surface area contributed by atoms with Crippen molar-refractivity contribution < 1.29 is 33.8 Å². The molecule has 10 heteroatoms. The first-order chi connectivity index (χ1) is 13.8. The average Bonchev–Trinajstić information content (AvgIpc) is 3.00. The maximum absolute atomic E-state index is 12.7. The molecule has 1 fully saturated rings. The van der Waals surface area contributed by atoms with E-state index in [0.717, 1.165) is 4.90 Å². The van der Waals surface area contributed by atoms with Gasteiger partial charge in [-0.3, -0.25) is 29.3 Å². The second-order valence-electron chi connectivity index (χ2n) is 6.89. The van der Waals surface area contributed by atoms with E-state index in [1.54, 1.807) is 6.07 Å². The normalized spacial score (nSPS) is 18.4. The first kappa shape index (κ1) is 20.5. The van der Waals surface area contributed by atoms with E-state index in [4.69, 9.17) is 9.84 Å². The average molecular weight is 403 g/mol. The van der Waals surface area contributed by atoms with Crippen LogP contribution < -0.4 is 5.32 Å². The number of aliphatic carboxylic acids is 1. The molecule has 1 saturated heterocycles. The summed E-state index contributed by atoms with van der Waals surface area (Å²) in [5.41, 5.74) is 1.21. The summed E-state index contributed by atoms with van der Waals surface area (Å²) in [7, 11) is 1.45. The van der Waals surface area contributed by atoms with Crippen molar-refractivity contribution in [2.75, 3.05) is 26.8 Å². The van der Waals surface area contributed by atoms with E-state index in [1.165, 1.54) is 24.1 Å². The van der Waals surface area contributed by atoms with Crippen LogP contribution in [0, 0.1) is 0 Å². The van der Waals surface area contributed by atoms with Crippen LogP contribution >= 0.6 is 0 Å². The highest BCUT2D eigenvalue weighted by Gasteiger charge is 2.39. The Morgan fingerprint density at radius 1 is 1.31 bits per heavy atom. The molecule has 2 N–H and O–H groups in total. The Hall–Kier alpha value is -3.27. The highest BCUT2D eigenvalue weighted by atomic mass is 16.5. The van der Waals surface area contributed by atoms with Crippen molar-refractivity contribution in [3.05, 3.63) is 34.9 Å². The maximum Gasteiger partial charge on any atom is 0.323 e. The van der Waals surface area contributed by atoms with Crippen molar-refractivity contribution in [3.63, 3.8) is 0 Å². The topological polar surface area (TPSA) is 133 Å². The lowest BCUT2D eigenvalue weighted by molar-refractivity contribution is -0.138. The Kier molecular flexibility index (Phi) is 5.92. The van der Waals surface area contributed by atoms with Crippen LogP contribution in [0.5, 0.6) is 0 Å². The number of hydrogen-bond donors (Lipinski definition) is 2. The zero-order valence-corrected chi connectivity index (χ0v) is 15.8. The molecule has 1 atom stereocenters. The number of ether oxygens (including phenoxy) is 1. The van der Waals surface area contributed by atoms with Gasteiger partial charge in [-0.2, -0.15) is 0 Å². The van der Waals surface area contributed by atoms with Crippen LogP contribution in [-0.4, -0.2) is 77.4 Å². The van der Waals surface area contributed by atoms with Crippen LogP contribution in [0.25, 0.3) is 0 Å². The highest BCUT2D eigenvalue weighted by Crippen LogP contribution is 2.28. The third kappa shape index (κ3) is 4.27. The Bertz CT molecular complexity index is 883. The molecule has 0 aromatic heterocycles.